The Hall–Kier alpha value is -1.01. The van der Waals surface area contributed by atoms with Crippen molar-refractivity contribution in [1.29, 1.82) is 0 Å². The molecule has 0 bridgehead atoms. The Kier molecular flexibility index (Phi) is 6.91. The standard InChI is InChI=1S/C14H22O2P/c1-6-10-12(11-7-2)13(15)14(5,8-3)17(16)9-4/h6-7,10-11H,1,8-9H2,2-5H3/q+1/b11-7-,12-10+. The number of ketones is 1. The highest BCUT2D eigenvalue weighted by molar-refractivity contribution is 7.48. The maximum Gasteiger partial charge on any atom is 0.352 e. The Bertz CT molecular complexity index is 366. The maximum absolute atomic E-state index is 12.4. The van der Waals surface area contributed by atoms with Crippen molar-refractivity contribution in [3.63, 3.8) is 0 Å². The molecule has 0 saturated heterocycles. The molecule has 2 nitrogen and oxygen atoms in total. The molecule has 2 atom stereocenters. The number of Topliss-reactive ketones (excluding diaryl/α,β-unsaturated/α-hetero) is 1. The smallest absolute Gasteiger partial charge is 0.289 e. The van der Waals surface area contributed by atoms with E-state index in [1.165, 1.54) is 0 Å². The van der Waals surface area contributed by atoms with E-state index < -0.39 is 13.0 Å². The second-order valence-corrected chi connectivity index (χ2v) is 6.39. The Morgan fingerprint density at radius 2 is 2.00 bits per heavy atom. The number of hydrogen-bond acceptors (Lipinski definition) is 2. The Labute approximate surface area is 105 Å². The monoisotopic (exact) mass is 253 g/mol. The van der Waals surface area contributed by atoms with Crippen LogP contribution >= 0.6 is 7.80 Å². The van der Waals surface area contributed by atoms with E-state index in [0.29, 0.717) is 18.2 Å². The molecule has 0 saturated carbocycles. The van der Waals surface area contributed by atoms with Gasteiger partial charge in [0.2, 0.25) is 10.9 Å². The second kappa shape index (κ2) is 7.34. The third-order valence-corrected chi connectivity index (χ3v) is 5.12. The number of hydrogen-bond donors (Lipinski definition) is 0. The lowest BCUT2D eigenvalue weighted by Crippen LogP contribution is -2.32. The van der Waals surface area contributed by atoms with Crippen molar-refractivity contribution in [1.82, 2.24) is 0 Å². The molecule has 3 heteroatoms. The van der Waals surface area contributed by atoms with Gasteiger partial charge in [-0.2, -0.15) is 0 Å². The van der Waals surface area contributed by atoms with Gasteiger partial charge in [0, 0.05) is 12.0 Å². The van der Waals surface area contributed by atoms with E-state index in [2.05, 4.69) is 6.58 Å². The summed E-state index contributed by atoms with van der Waals surface area (Å²) in [7, 11) is -1.53. The second-order valence-electron chi connectivity index (χ2n) is 4.01. The lowest BCUT2D eigenvalue weighted by atomic mass is 9.95. The van der Waals surface area contributed by atoms with E-state index in [-0.39, 0.29) is 5.78 Å². The van der Waals surface area contributed by atoms with E-state index in [1.54, 1.807) is 25.2 Å². The Morgan fingerprint density at radius 1 is 1.41 bits per heavy atom. The average Bonchev–Trinajstić information content (AvgIpc) is 2.35. The molecule has 2 unspecified atom stereocenters. The first-order valence-corrected chi connectivity index (χ1v) is 7.37. The quantitative estimate of drug-likeness (QED) is 0.386. The molecule has 0 aliphatic heterocycles. The lowest BCUT2D eigenvalue weighted by Gasteiger charge is -2.16. The highest BCUT2D eigenvalue weighted by atomic mass is 31.1. The van der Waals surface area contributed by atoms with Crippen LogP contribution in [0.1, 0.15) is 34.1 Å². The molecule has 0 amide bonds. The van der Waals surface area contributed by atoms with Gasteiger partial charge in [0.1, 0.15) is 6.16 Å². The molecule has 0 aromatic rings. The van der Waals surface area contributed by atoms with Gasteiger partial charge in [-0.1, -0.05) is 42.4 Å². The fourth-order valence-corrected chi connectivity index (χ4v) is 3.03. The third kappa shape index (κ3) is 3.74. The average molecular weight is 253 g/mol. The van der Waals surface area contributed by atoms with Crippen molar-refractivity contribution in [2.24, 2.45) is 0 Å². The molecule has 0 aliphatic rings. The van der Waals surface area contributed by atoms with Crippen LogP contribution in [-0.4, -0.2) is 17.1 Å². The van der Waals surface area contributed by atoms with Crippen LogP contribution in [0.5, 0.6) is 0 Å². The van der Waals surface area contributed by atoms with Crippen molar-refractivity contribution < 1.29 is 9.36 Å². The minimum atomic E-state index is -1.53. The van der Waals surface area contributed by atoms with Crippen molar-refractivity contribution in [3.05, 3.63) is 36.5 Å². The van der Waals surface area contributed by atoms with Crippen molar-refractivity contribution in [2.75, 3.05) is 6.16 Å². The van der Waals surface area contributed by atoms with Crippen LogP contribution in [0.15, 0.2) is 36.5 Å². The molecular formula is C14H22O2P+. The molecule has 0 radical (unpaired) electrons. The molecule has 0 fully saturated rings. The minimum absolute atomic E-state index is 0.0547. The summed E-state index contributed by atoms with van der Waals surface area (Å²) in [5, 5.41) is -0.765. The lowest BCUT2D eigenvalue weighted by molar-refractivity contribution is -0.117. The summed E-state index contributed by atoms with van der Waals surface area (Å²) in [6.07, 6.45) is 7.93. The van der Waals surface area contributed by atoms with Crippen LogP contribution in [0, 0.1) is 0 Å². The zero-order chi connectivity index (χ0) is 13.5. The first-order chi connectivity index (χ1) is 7.97. The molecule has 94 valence electrons. The van der Waals surface area contributed by atoms with Gasteiger partial charge in [-0.25, -0.2) is 0 Å². The van der Waals surface area contributed by atoms with Gasteiger partial charge in [-0.3, -0.25) is 4.79 Å². The maximum atomic E-state index is 12.4. The summed E-state index contributed by atoms with van der Waals surface area (Å²) in [6, 6.07) is 0. The summed E-state index contributed by atoms with van der Waals surface area (Å²) in [6.45, 7) is 11.0. The fraction of sp³-hybridized carbons (Fsp3) is 0.500. The molecule has 0 aromatic heterocycles. The molecule has 0 aliphatic carbocycles. The Morgan fingerprint density at radius 3 is 2.35 bits per heavy atom. The van der Waals surface area contributed by atoms with E-state index in [1.807, 2.05) is 26.8 Å². The van der Waals surface area contributed by atoms with Gasteiger partial charge in [0.05, 0.1) is 0 Å². The van der Waals surface area contributed by atoms with E-state index in [0.717, 1.165) is 0 Å². The molecular weight excluding hydrogens is 231 g/mol. The number of carbonyl (C=O) groups excluding carboxylic acids is 1. The summed E-state index contributed by atoms with van der Waals surface area (Å²) >= 11 is 0. The molecule has 0 N–H and O–H groups in total. The summed E-state index contributed by atoms with van der Waals surface area (Å²) in [5.41, 5.74) is 0.573. The first-order valence-electron chi connectivity index (χ1n) is 5.92. The third-order valence-electron chi connectivity index (χ3n) is 2.92. The SMILES string of the molecule is C=C/C=C(\C=C/C)C(=O)C(C)(CC)[P+](=O)CC. The summed E-state index contributed by atoms with van der Waals surface area (Å²) in [5.74, 6) is -0.0547. The van der Waals surface area contributed by atoms with Crippen LogP contribution < -0.4 is 0 Å². The van der Waals surface area contributed by atoms with E-state index in [9.17, 15) is 9.36 Å². The highest BCUT2D eigenvalue weighted by Gasteiger charge is 2.48. The van der Waals surface area contributed by atoms with Crippen LogP contribution in [-0.2, 0) is 9.36 Å². The van der Waals surface area contributed by atoms with Crippen molar-refractivity contribution >= 4 is 13.6 Å². The Balaban J connectivity index is 5.42. The number of carbonyl (C=O) groups is 1. The van der Waals surface area contributed by atoms with Gasteiger partial charge in [-0.15, -0.1) is 0 Å². The highest BCUT2D eigenvalue weighted by Crippen LogP contribution is 2.43. The van der Waals surface area contributed by atoms with Crippen LogP contribution in [0.2, 0.25) is 0 Å². The molecule has 0 rings (SSSR count). The topological polar surface area (TPSA) is 34.1 Å². The zero-order valence-corrected chi connectivity index (χ0v) is 12.1. The summed E-state index contributed by atoms with van der Waals surface area (Å²) < 4.78 is 12.1. The largest absolute Gasteiger partial charge is 0.352 e. The first kappa shape index (κ1) is 16.0. The fourth-order valence-electron chi connectivity index (χ4n) is 1.62. The van der Waals surface area contributed by atoms with Crippen molar-refractivity contribution in [3.8, 4) is 0 Å². The van der Waals surface area contributed by atoms with Crippen LogP contribution in [0.25, 0.3) is 0 Å². The molecule has 0 aromatic carbocycles. The van der Waals surface area contributed by atoms with Gasteiger partial charge in [-0.05, 0) is 20.8 Å². The number of rotatable bonds is 7. The zero-order valence-electron chi connectivity index (χ0n) is 11.2. The predicted molar refractivity (Wildman–Crippen MR) is 74.9 cm³/mol. The summed E-state index contributed by atoms with van der Waals surface area (Å²) in [4.78, 5) is 12.4. The molecule has 0 heterocycles. The van der Waals surface area contributed by atoms with Crippen LogP contribution in [0.4, 0.5) is 0 Å². The van der Waals surface area contributed by atoms with Gasteiger partial charge >= 0.3 is 7.80 Å². The minimum Gasteiger partial charge on any atom is -0.289 e. The molecule has 0 spiro atoms. The van der Waals surface area contributed by atoms with Gasteiger partial charge in [0.15, 0.2) is 0 Å². The van der Waals surface area contributed by atoms with E-state index >= 15 is 0 Å². The van der Waals surface area contributed by atoms with Gasteiger partial charge < -0.3 is 0 Å². The van der Waals surface area contributed by atoms with Gasteiger partial charge in [0.25, 0.3) is 0 Å². The van der Waals surface area contributed by atoms with Crippen LogP contribution in [0.3, 0.4) is 0 Å². The van der Waals surface area contributed by atoms with E-state index in [4.69, 9.17) is 0 Å². The normalized spacial score (nSPS) is 16.7. The van der Waals surface area contributed by atoms with Crippen molar-refractivity contribution in [2.45, 2.75) is 39.3 Å². The predicted octanol–water partition coefficient (Wildman–Crippen LogP) is 4.26. The number of allylic oxidation sites excluding steroid dienone is 5. The molecule has 17 heavy (non-hydrogen) atoms.